The van der Waals surface area contributed by atoms with E-state index in [4.69, 9.17) is 14.2 Å². The molecule has 6 heteroatoms. The second-order valence-corrected chi connectivity index (χ2v) is 5.95. The summed E-state index contributed by atoms with van der Waals surface area (Å²) in [6.07, 6.45) is 4.08. The Morgan fingerprint density at radius 2 is 1.78 bits per heavy atom. The number of ether oxygens (including phenoxy) is 3. The van der Waals surface area contributed by atoms with Gasteiger partial charge in [0.15, 0.2) is 11.5 Å². The molecule has 23 heavy (non-hydrogen) atoms. The monoisotopic (exact) mass is 319 g/mol. The van der Waals surface area contributed by atoms with Crippen molar-refractivity contribution in [1.29, 1.82) is 0 Å². The molecule has 0 atom stereocenters. The minimum Gasteiger partial charge on any atom is -0.486 e. The quantitative estimate of drug-likeness (QED) is 0.863. The third kappa shape index (κ3) is 3.11. The number of hydrogen-bond acceptors (Lipinski definition) is 5. The van der Waals surface area contributed by atoms with Crippen LogP contribution in [0.15, 0.2) is 18.2 Å². The molecule has 1 fully saturated rings. The number of rotatable bonds is 3. The normalized spacial score (nSPS) is 18.8. The number of fused-ring (bicyclic) bond motifs is 1. The first-order chi connectivity index (χ1) is 11.1. The number of esters is 1. The van der Waals surface area contributed by atoms with E-state index in [-0.39, 0.29) is 11.9 Å². The van der Waals surface area contributed by atoms with Crippen molar-refractivity contribution >= 4 is 11.9 Å². The molecule has 0 unspecified atom stereocenters. The molecule has 6 nitrogen and oxygen atoms in total. The summed E-state index contributed by atoms with van der Waals surface area (Å²) in [5.74, 6) is 0.519. The predicted molar refractivity (Wildman–Crippen MR) is 82.7 cm³/mol. The Kier molecular flexibility index (Phi) is 4.41. The molecule has 1 aliphatic heterocycles. The summed E-state index contributed by atoms with van der Waals surface area (Å²) in [5, 5.41) is 2.90. The van der Waals surface area contributed by atoms with Crippen LogP contribution in [0, 0.1) is 0 Å². The molecule has 0 saturated heterocycles. The first-order valence-corrected chi connectivity index (χ1v) is 7.95. The van der Waals surface area contributed by atoms with Gasteiger partial charge in [0.05, 0.1) is 7.11 Å². The van der Waals surface area contributed by atoms with Crippen LogP contribution in [-0.2, 0) is 9.53 Å². The van der Waals surface area contributed by atoms with Gasteiger partial charge in [-0.05, 0) is 31.0 Å². The summed E-state index contributed by atoms with van der Waals surface area (Å²) >= 11 is 0. The van der Waals surface area contributed by atoms with Crippen LogP contribution in [0.5, 0.6) is 11.5 Å². The third-order valence-corrected chi connectivity index (χ3v) is 4.44. The van der Waals surface area contributed by atoms with E-state index in [2.05, 4.69) is 5.32 Å². The third-order valence-electron chi connectivity index (χ3n) is 4.44. The van der Waals surface area contributed by atoms with E-state index in [1.54, 1.807) is 18.2 Å². The Morgan fingerprint density at radius 1 is 1.09 bits per heavy atom. The SMILES string of the molecule is COC(=O)C1(NC(=O)c2ccc3c(c2)OCCO3)CCCCC1. The van der Waals surface area contributed by atoms with Crippen LogP contribution >= 0.6 is 0 Å². The fraction of sp³-hybridized carbons (Fsp3) is 0.529. The van der Waals surface area contributed by atoms with Gasteiger partial charge in [-0.3, -0.25) is 4.79 Å². The second-order valence-electron chi connectivity index (χ2n) is 5.95. The maximum atomic E-state index is 12.6. The molecule has 0 spiro atoms. The zero-order chi connectivity index (χ0) is 16.3. The maximum absolute atomic E-state index is 12.6. The molecular weight excluding hydrogens is 298 g/mol. The van der Waals surface area contributed by atoms with Crippen LogP contribution in [0.3, 0.4) is 0 Å². The molecule has 1 amide bonds. The summed E-state index contributed by atoms with van der Waals surface area (Å²) in [6, 6.07) is 5.05. The topological polar surface area (TPSA) is 73.9 Å². The Labute approximate surface area is 135 Å². The minimum absolute atomic E-state index is 0.297. The largest absolute Gasteiger partial charge is 0.486 e. The molecule has 3 rings (SSSR count). The van der Waals surface area contributed by atoms with Crippen molar-refractivity contribution in [2.75, 3.05) is 20.3 Å². The average Bonchev–Trinajstić information content (AvgIpc) is 2.61. The molecule has 0 aromatic heterocycles. The summed E-state index contributed by atoms with van der Waals surface area (Å²) in [6.45, 7) is 0.966. The molecule has 124 valence electrons. The highest BCUT2D eigenvalue weighted by molar-refractivity contribution is 5.98. The van der Waals surface area contributed by atoms with Gasteiger partial charge in [-0.25, -0.2) is 4.79 Å². The van der Waals surface area contributed by atoms with Gasteiger partial charge in [0.2, 0.25) is 0 Å². The van der Waals surface area contributed by atoms with Crippen LogP contribution in [-0.4, -0.2) is 37.7 Å². The number of hydrogen-bond donors (Lipinski definition) is 1. The van der Waals surface area contributed by atoms with E-state index < -0.39 is 5.54 Å². The molecule has 1 aromatic rings. The first kappa shape index (κ1) is 15.6. The van der Waals surface area contributed by atoms with Crippen LogP contribution in [0.2, 0.25) is 0 Å². The Hall–Kier alpha value is -2.24. The molecule has 1 aromatic carbocycles. The lowest BCUT2D eigenvalue weighted by Crippen LogP contribution is -2.56. The van der Waals surface area contributed by atoms with Gasteiger partial charge in [0.25, 0.3) is 5.91 Å². The Morgan fingerprint density at radius 3 is 2.48 bits per heavy atom. The van der Waals surface area contributed by atoms with Crippen LogP contribution < -0.4 is 14.8 Å². The van der Waals surface area contributed by atoms with Crippen molar-refractivity contribution in [3.8, 4) is 11.5 Å². The highest BCUT2D eigenvalue weighted by atomic mass is 16.6. The number of carbonyl (C=O) groups excluding carboxylic acids is 2. The molecule has 1 heterocycles. The van der Waals surface area contributed by atoms with E-state index in [0.717, 1.165) is 19.3 Å². The van der Waals surface area contributed by atoms with Crippen molar-refractivity contribution in [2.24, 2.45) is 0 Å². The molecule has 0 bridgehead atoms. The molecular formula is C17H21NO5. The van der Waals surface area contributed by atoms with Crippen LogP contribution in [0.25, 0.3) is 0 Å². The van der Waals surface area contributed by atoms with Crippen molar-refractivity contribution < 1.29 is 23.8 Å². The molecule has 1 aliphatic carbocycles. The first-order valence-electron chi connectivity index (χ1n) is 7.95. The maximum Gasteiger partial charge on any atom is 0.331 e. The zero-order valence-electron chi connectivity index (χ0n) is 13.2. The van der Waals surface area contributed by atoms with Gasteiger partial charge in [-0.2, -0.15) is 0 Å². The summed E-state index contributed by atoms with van der Waals surface area (Å²) in [4.78, 5) is 24.8. The lowest BCUT2D eigenvalue weighted by molar-refractivity contribution is -0.149. The summed E-state index contributed by atoms with van der Waals surface area (Å²) in [7, 11) is 1.36. The van der Waals surface area contributed by atoms with Crippen molar-refractivity contribution in [1.82, 2.24) is 5.32 Å². The molecule has 1 N–H and O–H groups in total. The molecule has 2 aliphatic rings. The fourth-order valence-corrected chi connectivity index (χ4v) is 3.20. The van der Waals surface area contributed by atoms with E-state index in [1.165, 1.54) is 7.11 Å². The number of amides is 1. The van der Waals surface area contributed by atoms with Gasteiger partial charge in [0, 0.05) is 5.56 Å². The zero-order valence-corrected chi connectivity index (χ0v) is 13.2. The lowest BCUT2D eigenvalue weighted by Gasteiger charge is -2.35. The number of nitrogens with one attached hydrogen (secondary N) is 1. The number of benzene rings is 1. The number of methoxy groups -OCH3 is 1. The molecule has 0 radical (unpaired) electrons. The number of carbonyl (C=O) groups is 2. The van der Waals surface area contributed by atoms with Gasteiger partial charge in [0.1, 0.15) is 18.8 Å². The smallest absolute Gasteiger partial charge is 0.331 e. The average molecular weight is 319 g/mol. The lowest BCUT2D eigenvalue weighted by atomic mass is 9.81. The van der Waals surface area contributed by atoms with Crippen molar-refractivity contribution in [3.63, 3.8) is 0 Å². The standard InChI is InChI=1S/C17H21NO5/c1-21-16(20)17(7-3-2-4-8-17)18-15(19)12-5-6-13-14(11-12)23-10-9-22-13/h5-6,11H,2-4,7-10H2,1H3,(H,18,19). The fourth-order valence-electron chi connectivity index (χ4n) is 3.20. The van der Waals surface area contributed by atoms with Gasteiger partial charge in [-0.1, -0.05) is 19.3 Å². The Bertz CT molecular complexity index is 607. The predicted octanol–water partition coefficient (Wildman–Crippen LogP) is 2.06. The van der Waals surface area contributed by atoms with E-state index in [9.17, 15) is 9.59 Å². The summed E-state index contributed by atoms with van der Waals surface area (Å²) < 4.78 is 15.9. The van der Waals surface area contributed by atoms with Gasteiger partial charge in [-0.15, -0.1) is 0 Å². The minimum atomic E-state index is -0.919. The van der Waals surface area contributed by atoms with Gasteiger partial charge >= 0.3 is 5.97 Å². The second kappa shape index (κ2) is 6.48. The highest BCUT2D eigenvalue weighted by Gasteiger charge is 2.42. The van der Waals surface area contributed by atoms with E-state index >= 15 is 0 Å². The van der Waals surface area contributed by atoms with Crippen molar-refractivity contribution in [3.05, 3.63) is 23.8 Å². The molecule has 1 saturated carbocycles. The van der Waals surface area contributed by atoms with E-state index in [0.29, 0.717) is 43.1 Å². The van der Waals surface area contributed by atoms with Crippen LogP contribution in [0.1, 0.15) is 42.5 Å². The summed E-state index contributed by atoms with van der Waals surface area (Å²) in [5.41, 5.74) is -0.472. The Balaban J connectivity index is 1.80. The van der Waals surface area contributed by atoms with Crippen LogP contribution in [0.4, 0.5) is 0 Å². The highest BCUT2D eigenvalue weighted by Crippen LogP contribution is 2.32. The van der Waals surface area contributed by atoms with Gasteiger partial charge < -0.3 is 19.5 Å². The van der Waals surface area contributed by atoms with E-state index in [1.807, 2.05) is 0 Å². The van der Waals surface area contributed by atoms with Crippen molar-refractivity contribution in [2.45, 2.75) is 37.6 Å².